The van der Waals surface area contributed by atoms with Crippen LogP contribution in [0.5, 0.6) is 0 Å². The molecule has 2 unspecified atom stereocenters. The highest BCUT2D eigenvalue weighted by Crippen LogP contribution is 2.41. The minimum atomic E-state index is -0.738. The topological polar surface area (TPSA) is 29.5 Å². The van der Waals surface area contributed by atoms with Gasteiger partial charge in [0, 0.05) is 12.5 Å². The summed E-state index contributed by atoms with van der Waals surface area (Å²) in [5, 5.41) is 0. The van der Waals surface area contributed by atoms with Crippen molar-refractivity contribution in [2.45, 2.75) is 31.9 Å². The van der Waals surface area contributed by atoms with Crippen molar-refractivity contribution < 1.29 is 9.53 Å². The van der Waals surface area contributed by atoms with Crippen molar-refractivity contribution in [3.63, 3.8) is 0 Å². The first kappa shape index (κ1) is 20.4. The number of carbonyl (C=O) groups excluding carboxylic acids is 1. The molecule has 4 rings (SSSR count). The van der Waals surface area contributed by atoms with Gasteiger partial charge in [0.05, 0.1) is 12.6 Å². The molecule has 0 saturated carbocycles. The molecule has 0 aliphatic carbocycles. The van der Waals surface area contributed by atoms with Gasteiger partial charge in [-0.2, -0.15) is 0 Å². The molecule has 0 radical (unpaired) electrons. The zero-order valence-electron chi connectivity index (χ0n) is 17.7. The molecule has 1 fully saturated rings. The van der Waals surface area contributed by atoms with Crippen LogP contribution in [-0.4, -0.2) is 30.0 Å². The van der Waals surface area contributed by atoms with E-state index >= 15 is 0 Å². The monoisotopic (exact) mass is 399 g/mol. The van der Waals surface area contributed by atoms with Crippen LogP contribution >= 0.6 is 0 Å². The minimum Gasteiger partial charge on any atom is -0.359 e. The predicted octanol–water partition coefficient (Wildman–Crippen LogP) is 5.25. The lowest BCUT2D eigenvalue weighted by Gasteiger charge is -2.37. The van der Waals surface area contributed by atoms with E-state index in [2.05, 4.69) is 72.8 Å². The van der Waals surface area contributed by atoms with Crippen LogP contribution in [0, 0.1) is 5.92 Å². The molecule has 3 aromatic rings. The third-order valence-electron chi connectivity index (χ3n) is 6.14. The molecule has 1 amide bonds. The first-order chi connectivity index (χ1) is 14.7. The zero-order valence-corrected chi connectivity index (χ0v) is 17.7. The molecular weight excluding hydrogens is 370 g/mol. The Morgan fingerprint density at radius 1 is 0.833 bits per heavy atom. The summed E-state index contributed by atoms with van der Waals surface area (Å²) in [7, 11) is 0. The molecule has 0 N–H and O–H groups in total. The Kier molecular flexibility index (Phi) is 6.01. The van der Waals surface area contributed by atoms with Crippen molar-refractivity contribution in [3.05, 3.63) is 108 Å². The Hall–Kier alpha value is -2.91. The lowest BCUT2D eigenvalue weighted by Crippen LogP contribution is -2.41. The summed E-state index contributed by atoms with van der Waals surface area (Å²) in [5.74, 6) is 0.286. The molecule has 1 heterocycles. The number of nitrogens with zero attached hydrogens (tertiary/aromatic N) is 1. The summed E-state index contributed by atoms with van der Waals surface area (Å²) in [6.07, 6.45) is 0.834. The van der Waals surface area contributed by atoms with Crippen LogP contribution in [0.15, 0.2) is 91.0 Å². The van der Waals surface area contributed by atoms with Crippen molar-refractivity contribution in [1.29, 1.82) is 0 Å². The number of likely N-dealkylation sites (tertiary alicyclic amines) is 1. The Labute approximate surface area is 179 Å². The molecule has 154 valence electrons. The van der Waals surface area contributed by atoms with E-state index in [9.17, 15) is 4.79 Å². The fourth-order valence-corrected chi connectivity index (χ4v) is 4.66. The van der Waals surface area contributed by atoms with E-state index in [-0.39, 0.29) is 17.9 Å². The number of hydrogen-bond acceptors (Lipinski definition) is 2. The fraction of sp³-hybridized carbons (Fsp3) is 0.296. The molecule has 3 nitrogen and oxygen atoms in total. The van der Waals surface area contributed by atoms with E-state index < -0.39 is 5.60 Å². The van der Waals surface area contributed by atoms with Crippen molar-refractivity contribution in [3.8, 4) is 0 Å². The minimum absolute atomic E-state index is 0.0538. The third-order valence-corrected chi connectivity index (χ3v) is 6.14. The smallest absolute Gasteiger partial charge is 0.225 e. The standard InChI is InChI=1S/C27H29NO2/c1-3-28-25(19-21(2)26(28)29)20-30-27(22-13-7-4-8-14-22,23-15-9-5-10-16-23)24-17-11-6-12-18-24/h4-18,21,25H,3,19-20H2,1-2H3. The molecule has 0 bridgehead atoms. The van der Waals surface area contributed by atoms with Gasteiger partial charge in [0.15, 0.2) is 0 Å². The van der Waals surface area contributed by atoms with Crippen LogP contribution in [0.2, 0.25) is 0 Å². The first-order valence-corrected chi connectivity index (χ1v) is 10.8. The highest BCUT2D eigenvalue weighted by Gasteiger charge is 2.41. The highest BCUT2D eigenvalue weighted by molar-refractivity contribution is 5.81. The van der Waals surface area contributed by atoms with Gasteiger partial charge in [0.2, 0.25) is 5.91 Å². The summed E-state index contributed by atoms with van der Waals surface area (Å²) in [5.41, 5.74) is 2.52. The van der Waals surface area contributed by atoms with Gasteiger partial charge < -0.3 is 9.64 Å². The number of carbonyl (C=O) groups is 1. The van der Waals surface area contributed by atoms with Crippen molar-refractivity contribution in [2.24, 2.45) is 5.92 Å². The van der Waals surface area contributed by atoms with Crippen LogP contribution in [0.1, 0.15) is 37.0 Å². The first-order valence-electron chi connectivity index (χ1n) is 10.8. The van der Waals surface area contributed by atoms with E-state index in [4.69, 9.17) is 4.74 Å². The summed E-state index contributed by atoms with van der Waals surface area (Å²) < 4.78 is 6.91. The molecule has 0 aromatic heterocycles. The summed E-state index contributed by atoms with van der Waals surface area (Å²) in [6.45, 7) is 5.26. The van der Waals surface area contributed by atoms with Crippen molar-refractivity contribution in [2.75, 3.05) is 13.2 Å². The van der Waals surface area contributed by atoms with Crippen molar-refractivity contribution in [1.82, 2.24) is 4.90 Å². The number of hydrogen-bond donors (Lipinski definition) is 0. The van der Waals surface area contributed by atoms with Gasteiger partial charge in [0.1, 0.15) is 5.60 Å². The average molecular weight is 400 g/mol. The van der Waals surface area contributed by atoms with Gasteiger partial charge in [-0.15, -0.1) is 0 Å². The molecule has 2 atom stereocenters. The summed E-state index contributed by atoms with van der Waals surface area (Å²) >= 11 is 0. The second-order valence-electron chi connectivity index (χ2n) is 8.01. The number of likely N-dealkylation sites (N-methyl/N-ethyl adjacent to an activating group) is 1. The molecule has 1 saturated heterocycles. The lowest BCUT2D eigenvalue weighted by atomic mass is 9.80. The van der Waals surface area contributed by atoms with Gasteiger partial charge in [0.25, 0.3) is 0 Å². The zero-order chi connectivity index (χ0) is 21.0. The number of rotatable bonds is 7. The molecule has 1 aliphatic heterocycles. The average Bonchev–Trinajstić information content (AvgIpc) is 3.09. The van der Waals surface area contributed by atoms with E-state index in [0.717, 1.165) is 23.1 Å². The lowest BCUT2D eigenvalue weighted by molar-refractivity contribution is -0.132. The fourth-order valence-electron chi connectivity index (χ4n) is 4.66. The molecule has 3 aromatic carbocycles. The van der Waals surface area contributed by atoms with Gasteiger partial charge in [-0.1, -0.05) is 97.9 Å². The van der Waals surface area contributed by atoms with Gasteiger partial charge in [-0.05, 0) is 30.0 Å². The summed E-state index contributed by atoms with van der Waals surface area (Å²) in [4.78, 5) is 14.5. The second kappa shape index (κ2) is 8.85. The number of benzene rings is 3. The van der Waals surface area contributed by atoms with E-state index in [1.165, 1.54) is 0 Å². The third kappa shape index (κ3) is 3.66. The van der Waals surface area contributed by atoms with Gasteiger partial charge in [-0.25, -0.2) is 0 Å². The van der Waals surface area contributed by atoms with Gasteiger partial charge >= 0.3 is 0 Å². The second-order valence-corrected chi connectivity index (χ2v) is 8.01. The van der Waals surface area contributed by atoms with Crippen LogP contribution in [0.25, 0.3) is 0 Å². The normalized spacial score (nSPS) is 19.3. The van der Waals surface area contributed by atoms with E-state index in [1.807, 2.05) is 36.9 Å². The SMILES string of the molecule is CCN1C(=O)C(C)CC1COC(c1ccccc1)(c1ccccc1)c1ccccc1. The van der Waals surface area contributed by atoms with E-state index in [1.54, 1.807) is 0 Å². The van der Waals surface area contributed by atoms with Crippen LogP contribution < -0.4 is 0 Å². The van der Waals surface area contributed by atoms with Crippen LogP contribution in [-0.2, 0) is 15.1 Å². The highest BCUT2D eigenvalue weighted by atomic mass is 16.5. The maximum absolute atomic E-state index is 12.6. The van der Waals surface area contributed by atoms with Crippen molar-refractivity contribution >= 4 is 5.91 Å². The maximum atomic E-state index is 12.6. The molecule has 0 spiro atoms. The molecule has 30 heavy (non-hydrogen) atoms. The van der Waals surface area contributed by atoms with Gasteiger partial charge in [-0.3, -0.25) is 4.79 Å². The van der Waals surface area contributed by atoms with E-state index in [0.29, 0.717) is 13.2 Å². The molecular formula is C27H29NO2. The Morgan fingerprint density at radius 2 is 1.27 bits per heavy atom. The molecule has 1 aliphatic rings. The molecule has 3 heteroatoms. The van der Waals surface area contributed by atoms with Crippen LogP contribution in [0.3, 0.4) is 0 Å². The summed E-state index contributed by atoms with van der Waals surface area (Å²) in [6, 6.07) is 31.3. The number of amides is 1. The predicted molar refractivity (Wildman–Crippen MR) is 120 cm³/mol. The largest absolute Gasteiger partial charge is 0.359 e. The maximum Gasteiger partial charge on any atom is 0.225 e. The Morgan fingerprint density at radius 3 is 1.67 bits per heavy atom. The van der Waals surface area contributed by atoms with Crippen LogP contribution in [0.4, 0.5) is 0 Å². The number of ether oxygens (including phenoxy) is 1. The quantitative estimate of drug-likeness (QED) is 0.508. The Balaban J connectivity index is 1.80. The Bertz CT molecular complexity index is 859.